The van der Waals surface area contributed by atoms with Gasteiger partial charge in [-0.1, -0.05) is 17.7 Å². The van der Waals surface area contributed by atoms with Gasteiger partial charge in [0.25, 0.3) is 5.56 Å². The second-order valence-corrected chi connectivity index (χ2v) is 9.73. The Morgan fingerprint density at radius 3 is 2.37 bits per heavy atom. The van der Waals surface area contributed by atoms with Gasteiger partial charge in [0.2, 0.25) is 15.7 Å². The summed E-state index contributed by atoms with van der Waals surface area (Å²) in [6.07, 6.45) is 2.48. The highest BCUT2D eigenvalue weighted by Crippen LogP contribution is 2.28. The first-order valence-electron chi connectivity index (χ1n) is 10.2. The SMILES string of the molecule is COc1ccc(Oc2nc3c(C)cccn3c(=O)c2/C=C(\C#N)S(=O)(=O)c2ccc(Cl)cc2)cc1. The maximum absolute atomic E-state index is 13.4. The molecule has 0 N–H and O–H groups in total. The van der Waals surface area contributed by atoms with Crippen molar-refractivity contribution in [2.45, 2.75) is 11.8 Å². The van der Waals surface area contributed by atoms with E-state index >= 15 is 0 Å². The quantitative estimate of drug-likeness (QED) is 0.345. The van der Waals surface area contributed by atoms with Gasteiger partial charge in [-0.3, -0.25) is 9.20 Å². The van der Waals surface area contributed by atoms with Crippen molar-refractivity contribution in [3.63, 3.8) is 0 Å². The summed E-state index contributed by atoms with van der Waals surface area (Å²) in [5, 5.41) is 10.1. The first-order valence-corrected chi connectivity index (χ1v) is 12.1. The Labute approximate surface area is 206 Å². The van der Waals surface area contributed by atoms with E-state index in [1.807, 2.05) is 0 Å². The van der Waals surface area contributed by atoms with Gasteiger partial charge in [-0.15, -0.1) is 0 Å². The van der Waals surface area contributed by atoms with Crippen LogP contribution in [0.3, 0.4) is 0 Å². The predicted molar refractivity (Wildman–Crippen MR) is 131 cm³/mol. The van der Waals surface area contributed by atoms with Crippen molar-refractivity contribution >= 4 is 33.2 Å². The summed E-state index contributed by atoms with van der Waals surface area (Å²) < 4.78 is 38.6. The Hall–Kier alpha value is -4.13. The number of nitrogens with zero attached hydrogens (tertiary/aromatic N) is 3. The number of pyridine rings is 1. The van der Waals surface area contributed by atoms with Crippen LogP contribution in [0.15, 0.2) is 81.5 Å². The van der Waals surface area contributed by atoms with E-state index in [4.69, 9.17) is 21.1 Å². The number of sulfone groups is 1. The molecule has 0 saturated heterocycles. The van der Waals surface area contributed by atoms with Crippen molar-refractivity contribution in [2.75, 3.05) is 7.11 Å². The van der Waals surface area contributed by atoms with Crippen molar-refractivity contribution in [1.82, 2.24) is 9.38 Å². The van der Waals surface area contributed by atoms with E-state index in [1.165, 1.54) is 42.0 Å². The van der Waals surface area contributed by atoms with E-state index in [-0.39, 0.29) is 16.3 Å². The lowest BCUT2D eigenvalue weighted by Gasteiger charge is -2.12. The van der Waals surface area contributed by atoms with E-state index in [2.05, 4.69) is 4.98 Å². The zero-order valence-electron chi connectivity index (χ0n) is 18.6. The van der Waals surface area contributed by atoms with Gasteiger partial charge >= 0.3 is 0 Å². The van der Waals surface area contributed by atoms with Crippen LogP contribution in [0.1, 0.15) is 11.1 Å². The lowest BCUT2D eigenvalue weighted by molar-refractivity contribution is 0.412. The fraction of sp³-hybridized carbons (Fsp3) is 0.0800. The zero-order chi connectivity index (χ0) is 25.2. The molecule has 0 fully saturated rings. The van der Waals surface area contributed by atoms with Crippen LogP contribution < -0.4 is 15.0 Å². The summed E-state index contributed by atoms with van der Waals surface area (Å²) in [6.45, 7) is 1.78. The third kappa shape index (κ3) is 4.75. The molecule has 0 spiro atoms. The minimum absolute atomic E-state index is 0.142. The van der Waals surface area contributed by atoms with Gasteiger partial charge in [-0.05, 0) is 73.2 Å². The van der Waals surface area contributed by atoms with Crippen LogP contribution in [0.25, 0.3) is 11.7 Å². The molecule has 0 aliphatic carbocycles. The molecule has 0 unspecified atom stereocenters. The smallest absolute Gasteiger partial charge is 0.269 e. The third-order valence-electron chi connectivity index (χ3n) is 5.12. The molecular formula is C25H18ClN3O5S. The molecule has 0 bridgehead atoms. The summed E-state index contributed by atoms with van der Waals surface area (Å²) in [5.74, 6) is 0.790. The summed E-state index contributed by atoms with van der Waals surface area (Å²) in [4.78, 5) is 17.1. The van der Waals surface area contributed by atoms with Crippen LogP contribution in [-0.4, -0.2) is 24.9 Å². The number of halogens is 1. The number of rotatable bonds is 6. The molecule has 0 amide bonds. The number of benzene rings is 2. The van der Waals surface area contributed by atoms with Crippen molar-refractivity contribution in [3.05, 3.63) is 98.3 Å². The van der Waals surface area contributed by atoms with E-state index in [9.17, 15) is 18.5 Å². The van der Waals surface area contributed by atoms with Crippen molar-refractivity contribution in [2.24, 2.45) is 0 Å². The maximum Gasteiger partial charge on any atom is 0.269 e. The van der Waals surface area contributed by atoms with Gasteiger partial charge in [-0.2, -0.15) is 10.2 Å². The molecule has 176 valence electrons. The van der Waals surface area contributed by atoms with Crippen molar-refractivity contribution < 1.29 is 17.9 Å². The Morgan fingerprint density at radius 2 is 1.74 bits per heavy atom. The molecule has 35 heavy (non-hydrogen) atoms. The van der Waals surface area contributed by atoms with Crippen LogP contribution in [0, 0.1) is 18.3 Å². The standard InChI is InChI=1S/C25H18ClN3O5S/c1-16-4-3-13-29-23(16)28-24(34-19-9-7-18(33-2)8-10-19)22(25(29)30)14-21(15-27)35(31,32)20-11-5-17(26)6-12-20/h3-14H,1-2H3/b21-14+. The summed E-state index contributed by atoms with van der Waals surface area (Å²) >= 11 is 5.86. The predicted octanol–water partition coefficient (Wildman–Crippen LogP) is 4.80. The molecule has 10 heteroatoms. The van der Waals surface area contributed by atoms with Gasteiger partial charge in [0.05, 0.1) is 12.0 Å². The molecule has 8 nitrogen and oxygen atoms in total. The fourth-order valence-electron chi connectivity index (χ4n) is 3.29. The highest BCUT2D eigenvalue weighted by molar-refractivity contribution is 7.95. The highest BCUT2D eigenvalue weighted by atomic mass is 35.5. The lowest BCUT2D eigenvalue weighted by Crippen LogP contribution is -2.20. The van der Waals surface area contributed by atoms with Gasteiger partial charge in [0.15, 0.2) is 0 Å². The van der Waals surface area contributed by atoms with Gasteiger partial charge in [0.1, 0.15) is 33.7 Å². The zero-order valence-corrected chi connectivity index (χ0v) is 20.2. The number of methoxy groups -OCH3 is 1. The Morgan fingerprint density at radius 1 is 1.09 bits per heavy atom. The minimum Gasteiger partial charge on any atom is -0.497 e. The lowest BCUT2D eigenvalue weighted by atomic mass is 10.2. The third-order valence-corrected chi connectivity index (χ3v) is 7.06. The van der Waals surface area contributed by atoms with Gasteiger partial charge < -0.3 is 9.47 Å². The van der Waals surface area contributed by atoms with Crippen LogP contribution >= 0.6 is 11.6 Å². The molecule has 4 rings (SSSR count). The van der Waals surface area contributed by atoms with Crippen LogP contribution in [0.2, 0.25) is 5.02 Å². The van der Waals surface area contributed by atoms with Gasteiger partial charge in [-0.25, -0.2) is 8.42 Å². The average Bonchev–Trinajstić information content (AvgIpc) is 2.85. The number of ether oxygens (including phenoxy) is 2. The molecule has 4 aromatic rings. The second-order valence-electron chi connectivity index (χ2n) is 7.38. The largest absolute Gasteiger partial charge is 0.497 e. The molecule has 2 heterocycles. The van der Waals surface area contributed by atoms with Crippen LogP contribution in [-0.2, 0) is 9.84 Å². The molecule has 0 saturated carbocycles. The molecular weight excluding hydrogens is 490 g/mol. The first kappa shape index (κ1) is 24.0. The van der Waals surface area contributed by atoms with Crippen molar-refractivity contribution in [1.29, 1.82) is 5.26 Å². The second kappa shape index (κ2) is 9.62. The molecule has 0 aliphatic heterocycles. The van der Waals surface area contributed by atoms with Crippen molar-refractivity contribution in [3.8, 4) is 23.4 Å². The fourth-order valence-corrected chi connectivity index (χ4v) is 4.56. The average molecular weight is 508 g/mol. The molecule has 2 aromatic heterocycles. The topological polar surface area (TPSA) is 111 Å². The number of nitriles is 1. The van der Waals surface area contributed by atoms with E-state index in [0.29, 0.717) is 27.7 Å². The van der Waals surface area contributed by atoms with E-state index in [0.717, 1.165) is 6.08 Å². The Bertz CT molecular complexity index is 1650. The van der Waals surface area contributed by atoms with E-state index in [1.54, 1.807) is 49.4 Å². The molecule has 0 radical (unpaired) electrons. The molecule has 0 atom stereocenters. The minimum atomic E-state index is -4.25. The number of allylic oxidation sites excluding steroid dienone is 1. The van der Waals surface area contributed by atoms with E-state index < -0.39 is 20.3 Å². The number of aromatic nitrogens is 2. The van der Waals surface area contributed by atoms with Crippen LogP contribution in [0.5, 0.6) is 17.4 Å². The van der Waals surface area contributed by atoms with Crippen LogP contribution in [0.4, 0.5) is 0 Å². The van der Waals surface area contributed by atoms with Gasteiger partial charge in [0, 0.05) is 11.2 Å². The molecule has 0 aliphatic rings. The Kier molecular flexibility index (Phi) is 6.60. The normalized spacial score (nSPS) is 11.8. The maximum atomic E-state index is 13.4. The monoisotopic (exact) mass is 507 g/mol. The summed E-state index contributed by atoms with van der Waals surface area (Å²) in [7, 11) is -2.72. The summed E-state index contributed by atoms with van der Waals surface area (Å²) in [6, 6.07) is 17.1. The number of hydrogen-bond donors (Lipinski definition) is 0. The molecule has 2 aromatic carbocycles. The number of fused-ring (bicyclic) bond motifs is 1. The summed E-state index contributed by atoms with van der Waals surface area (Å²) in [5.41, 5.74) is 0.241. The number of aryl methyl sites for hydroxylation is 1. The Balaban J connectivity index is 1.93. The number of hydrogen-bond acceptors (Lipinski definition) is 7. The first-order chi connectivity index (χ1) is 16.7. The highest BCUT2D eigenvalue weighted by Gasteiger charge is 2.24.